The molecule has 0 saturated carbocycles. The van der Waals surface area contributed by atoms with Crippen LogP contribution in [-0.2, 0) is 41.4 Å². The van der Waals surface area contributed by atoms with Crippen molar-refractivity contribution in [1.82, 2.24) is 10.3 Å². The molecule has 1 amide bonds. The Kier molecular flexibility index (Phi) is 12.3. The summed E-state index contributed by atoms with van der Waals surface area (Å²) in [7, 11) is 1.33. The molecular formula is C36H40N2O10. The second-order valence-electron chi connectivity index (χ2n) is 11.7. The van der Waals surface area contributed by atoms with Crippen LogP contribution in [-0.4, -0.2) is 66.7 Å². The number of carbonyl (C=O) groups is 5. The number of ether oxygens (including phenoxy) is 5. The quantitative estimate of drug-likeness (QED) is 0.231. The van der Waals surface area contributed by atoms with E-state index in [0.29, 0.717) is 0 Å². The molecule has 1 aliphatic heterocycles. The zero-order valence-electron chi connectivity index (χ0n) is 27.6. The van der Waals surface area contributed by atoms with Crippen molar-refractivity contribution in [2.45, 2.75) is 65.2 Å². The predicted octanol–water partition coefficient (Wildman–Crippen LogP) is 4.28. The zero-order valence-corrected chi connectivity index (χ0v) is 27.6. The van der Waals surface area contributed by atoms with E-state index in [1.54, 1.807) is 38.1 Å². The molecule has 12 heteroatoms. The monoisotopic (exact) mass is 660 g/mol. The second kappa shape index (κ2) is 16.5. The predicted molar refractivity (Wildman–Crippen MR) is 172 cm³/mol. The number of esters is 4. The van der Waals surface area contributed by atoms with Crippen LogP contribution in [0, 0.1) is 11.8 Å². The second-order valence-corrected chi connectivity index (χ2v) is 11.7. The molecule has 0 bridgehead atoms. The van der Waals surface area contributed by atoms with Crippen molar-refractivity contribution in [3.8, 4) is 11.5 Å². The number of nitrogens with one attached hydrogen (secondary N) is 1. The molecule has 0 spiro atoms. The first-order chi connectivity index (χ1) is 23.0. The number of aromatic nitrogens is 1. The average molecular weight is 661 g/mol. The Morgan fingerprint density at radius 1 is 0.979 bits per heavy atom. The third-order valence-electron chi connectivity index (χ3n) is 7.69. The van der Waals surface area contributed by atoms with Gasteiger partial charge in [0.15, 0.2) is 23.6 Å². The van der Waals surface area contributed by atoms with Gasteiger partial charge in [0, 0.05) is 12.3 Å². The van der Waals surface area contributed by atoms with Crippen LogP contribution < -0.4 is 14.8 Å². The third-order valence-corrected chi connectivity index (χ3v) is 7.69. The molecule has 1 N–H and O–H groups in total. The Hall–Kier alpha value is -5.26. The average Bonchev–Trinajstić information content (AvgIpc) is 3.11. The molecule has 12 nitrogen and oxygen atoms in total. The molecule has 4 rings (SSSR count). The normalized spacial score (nSPS) is 19.5. The van der Waals surface area contributed by atoms with Gasteiger partial charge in [0.1, 0.15) is 18.6 Å². The van der Waals surface area contributed by atoms with Gasteiger partial charge < -0.3 is 29.0 Å². The molecule has 1 fully saturated rings. The molecule has 2 unspecified atom stereocenters. The van der Waals surface area contributed by atoms with E-state index in [-0.39, 0.29) is 29.2 Å². The Balaban J connectivity index is 1.58. The van der Waals surface area contributed by atoms with Crippen LogP contribution in [0.5, 0.6) is 11.5 Å². The van der Waals surface area contributed by atoms with Crippen molar-refractivity contribution in [2.24, 2.45) is 11.8 Å². The number of amides is 1. The van der Waals surface area contributed by atoms with E-state index in [2.05, 4.69) is 17.2 Å². The van der Waals surface area contributed by atoms with Gasteiger partial charge in [-0.2, -0.15) is 0 Å². The molecule has 2 heterocycles. The van der Waals surface area contributed by atoms with Gasteiger partial charge in [0.05, 0.1) is 18.6 Å². The summed E-state index contributed by atoms with van der Waals surface area (Å²) in [5.74, 6) is -5.72. The molecule has 0 aliphatic carbocycles. The first kappa shape index (κ1) is 35.6. The van der Waals surface area contributed by atoms with Gasteiger partial charge in [-0.1, -0.05) is 69.7 Å². The summed E-state index contributed by atoms with van der Waals surface area (Å²) < 4.78 is 27.8. The minimum atomic E-state index is -1.48. The van der Waals surface area contributed by atoms with E-state index in [1.807, 2.05) is 30.3 Å². The number of benzene rings is 2. The molecule has 48 heavy (non-hydrogen) atoms. The first-order valence-corrected chi connectivity index (χ1v) is 15.8. The van der Waals surface area contributed by atoms with Crippen molar-refractivity contribution >= 4 is 29.8 Å². The lowest BCUT2D eigenvalue weighted by molar-refractivity contribution is -0.176. The summed E-state index contributed by atoms with van der Waals surface area (Å²) >= 11 is 0. The fourth-order valence-corrected chi connectivity index (χ4v) is 5.08. The maximum Gasteiger partial charge on any atom is 0.343 e. The van der Waals surface area contributed by atoms with Crippen LogP contribution in [0.1, 0.15) is 66.1 Å². The highest BCUT2D eigenvalue weighted by atomic mass is 16.6. The maximum atomic E-state index is 13.6. The molecule has 0 radical (unpaired) electrons. The van der Waals surface area contributed by atoms with Crippen molar-refractivity contribution < 1.29 is 47.7 Å². The van der Waals surface area contributed by atoms with E-state index < -0.39 is 66.5 Å². The highest BCUT2D eigenvalue weighted by Gasteiger charge is 2.42. The number of pyridine rings is 1. The first-order valence-electron chi connectivity index (χ1n) is 15.8. The fourth-order valence-electron chi connectivity index (χ4n) is 5.08. The molecule has 254 valence electrons. The number of nitrogens with zero attached hydrogens (tertiary/aromatic N) is 1. The molecule has 4 atom stereocenters. The number of methoxy groups -OCH3 is 1. The van der Waals surface area contributed by atoms with Crippen LogP contribution in [0.15, 0.2) is 66.9 Å². The summed E-state index contributed by atoms with van der Waals surface area (Å²) in [6.07, 6.45) is 0.948. The largest absolute Gasteiger partial charge is 0.493 e. The van der Waals surface area contributed by atoms with Crippen LogP contribution in [0.3, 0.4) is 0 Å². The van der Waals surface area contributed by atoms with Gasteiger partial charge in [-0.15, -0.1) is 0 Å². The van der Waals surface area contributed by atoms with E-state index in [1.165, 1.54) is 26.3 Å². The smallest absolute Gasteiger partial charge is 0.343 e. The maximum absolute atomic E-state index is 13.6. The minimum Gasteiger partial charge on any atom is -0.493 e. The van der Waals surface area contributed by atoms with Crippen molar-refractivity contribution in [3.63, 3.8) is 0 Å². The number of cyclic esters (lactones) is 2. The minimum absolute atomic E-state index is 0.0433. The summed E-state index contributed by atoms with van der Waals surface area (Å²) in [5, 5.41) is 2.48. The summed E-state index contributed by atoms with van der Waals surface area (Å²) in [6, 6.07) is 15.9. The number of hydrogen-bond donors (Lipinski definition) is 1. The molecular weight excluding hydrogens is 620 g/mol. The Labute approximate surface area is 279 Å². The van der Waals surface area contributed by atoms with Crippen LogP contribution in [0.25, 0.3) is 0 Å². The zero-order chi connectivity index (χ0) is 34.8. The number of hydrogen-bond acceptors (Lipinski definition) is 11. The van der Waals surface area contributed by atoms with Crippen LogP contribution in [0.2, 0.25) is 0 Å². The molecule has 1 aromatic heterocycles. The van der Waals surface area contributed by atoms with E-state index in [9.17, 15) is 24.0 Å². The van der Waals surface area contributed by atoms with Gasteiger partial charge in [0.25, 0.3) is 5.91 Å². The Morgan fingerprint density at radius 3 is 2.33 bits per heavy atom. The molecule has 1 saturated heterocycles. The van der Waals surface area contributed by atoms with Gasteiger partial charge >= 0.3 is 23.9 Å². The van der Waals surface area contributed by atoms with Crippen molar-refractivity contribution in [1.29, 1.82) is 0 Å². The topological polar surface area (TPSA) is 156 Å². The summed E-state index contributed by atoms with van der Waals surface area (Å²) in [6.45, 7) is 6.25. The van der Waals surface area contributed by atoms with E-state index in [0.717, 1.165) is 24.0 Å². The summed E-state index contributed by atoms with van der Waals surface area (Å²) in [5.41, 5.74) is 1.71. The Bertz CT molecular complexity index is 1610. The third kappa shape index (κ3) is 8.96. The lowest BCUT2D eigenvalue weighted by Gasteiger charge is -2.29. The van der Waals surface area contributed by atoms with E-state index >= 15 is 0 Å². The summed E-state index contributed by atoms with van der Waals surface area (Å²) in [4.78, 5) is 70.3. The van der Waals surface area contributed by atoms with Crippen molar-refractivity contribution in [3.05, 3.63) is 89.2 Å². The molecule has 2 aromatic carbocycles. The molecule has 3 aromatic rings. The fraction of sp³-hybridized carbons (Fsp3) is 0.389. The van der Waals surface area contributed by atoms with Crippen LogP contribution >= 0.6 is 0 Å². The number of rotatable bonds is 11. The van der Waals surface area contributed by atoms with Crippen molar-refractivity contribution in [2.75, 3.05) is 13.7 Å². The standard InChI is InChI=1S/C36H40N2O10/c1-6-10-23-13-15-25(16-14-23)34(41)48-31-28(44-5)17-18-37-29(31)32(39)38-27-20-45-35(42)26(19-24-11-8-7-9-12-24)30(22(4)46-36(27)43)47-33(40)21(2)3/h7-9,11-18,21-22,26-27,30H,6,10,19-20H2,1-5H3,(H,38,39)/t22-,26+,27?,30?/m0/s1. The lowest BCUT2D eigenvalue weighted by atomic mass is 9.91. The lowest BCUT2D eigenvalue weighted by Crippen LogP contribution is -2.47. The molecule has 1 aliphatic rings. The van der Waals surface area contributed by atoms with E-state index in [4.69, 9.17) is 23.7 Å². The van der Waals surface area contributed by atoms with Gasteiger partial charge in [0.2, 0.25) is 5.75 Å². The van der Waals surface area contributed by atoms with Crippen LogP contribution in [0.4, 0.5) is 0 Å². The highest BCUT2D eigenvalue weighted by molar-refractivity contribution is 6.00. The van der Waals surface area contributed by atoms with Gasteiger partial charge in [-0.05, 0) is 43.0 Å². The highest BCUT2D eigenvalue weighted by Crippen LogP contribution is 2.31. The van der Waals surface area contributed by atoms with Gasteiger partial charge in [-0.25, -0.2) is 14.6 Å². The SMILES string of the molecule is CCCc1ccc(C(=O)Oc2c(OC)ccnc2C(=O)NC2COC(=O)[C@H](Cc3ccccc3)C(OC(=O)C(C)C)[C@H](C)OC2=O)cc1. The number of aryl methyl sites for hydroxylation is 1. The number of carbonyl (C=O) groups excluding carboxylic acids is 5. The van der Waals surface area contributed by atoms with Gasteiger partial charge in [-0.3, -0.25) is 14.4 Å². The Morgan fingerprint density at radius 2 is 1.69 bits per heavy atom.